The Morgan fingerprint density at radius 1 is 1.26 bits per heavy atom. The van der Waals surface area contributed by atoms with E-state index in [4.69, 9.17) is 26.2 Å². The Bertz CT molecular complexity index is 854. The van der Waals surface area contributed by atoms with E-state index in [2.05, 4.69) is 0 Å². The zero-order valence-corrected chi connectivity index (χ0v) is 15.6. The summed E-state index contributed by atoms with van der Waals surface area (Å²) in [5.41, 5.74) is 1.62. The lowest BCUT2D eigenvalue weighted by atomic mass is 10.1. The predicted octanol–water partition coefficient (Wildman–Crippen LogP) is 3.36. The van der Waals surface area contributed by atoms with Gasteiger partial charge < -0.3 is 19.5 Å². The van der Waals surface area contributed by atoms with Crippen molar-refractivity contribution >= 4 is 23.5 Å². The summed E-state index contributed by atoms with van der Waals surface area (Å²) in [6, 6.07) is 12.8. The molecule has 1 heterocycles. The normalized spacial score (nSPS) is 16.4. The largest absolute Gasteiger partial charge is 0.497 e. The maximum Gasteiger partial charge on any atom is 0.308 e. The molecule has 1 amide bonds. The average Bonchev–Trinajstić information content (AvgIpc) is 3.03. The van der Waals surface area contributed by atoms with Crippen molar-refractivity contribution in [1.82, 2.24) is 4.90 Å². The van der Waals surface area contributed by atoms with Gasteiger partial charge in [0.15, 0.2) is 0 Å². The number of rotatable bonds is 7. The minimum Gasteiger partial charge on any atom is -0.497 e. The van der Waals surface area contributed by atoms with Crippen molar-refractivity contribution in [3.8, 4) is 11.5 Å². The van der Waals surface area contributed by atoms with E-state index in [1.807, 2.05) is 24.3 Å². The van der Waals surface area contributed by atoms with Crippen molar-refractivity contribution in [2.75, 3.05) is 13.7 Å². The highest BCUT2D eigenvalue weighted by Gasteiger charge is 2.34. The lowest BCUT2D eigenvalue weighted by Gasteiger charge is -2.19. The summed E-state index contributed by atoms with van der Waals surface area (Å²) in [6.07, 6.45) is 0.0291. The van der Waals surface area contributed by atoms with E-state index >= 15 is 0 Å². The van der Waals surface area contributed by atoms with Gasteiger partial charge in [-0.25, -0.2) is 0 Å². The summed E-state index contributed by atoms with van der Waals surface area (Å²) in [4.78, 5) is 24.8. The Morgan fingerprint density at radius 2 is 2.04 bits per heavy atom. The van der Waals surface area contributed by atoms with Gasteiger partial charge in [-0.3, -0.25) is 9.59 Å². The molecule has 3 rings (SSSR count). The molecule has 0 aromatic heterocycles. The standard InChI is InChI=1S/C20H20ClNO5/c1-26-16-7-6-13(10-22-11-15(20(24)25)8-19(22)23)18(9-16)27-12-14-4-2-3-5-17(14)21/h2-7,9,15H,8,10-12H2,1H3,(H,24,25). The van der Waals surface area contributed by atoms with Gasteiger partial charge in [-0.15, -0.1) is 0 Å². The molecule has 2 aromatic carbocycles. The third kappa shape index (κ3) is 4.52. The van der Waals surface area contributed by atoms with Crippen LogP contribution in [0.4, 0.5) is 0 Å². The van der Waals surface area contributed by atoms with E-state index in [1.165, 1.54) is 0 Å². The summed E-state index contributed by atoms with van der Waals surface area (Å²) in [5.74, 6) is -0.584. The summed E-state index contributed by atoms with van der Waals surface area (Å²) in [7, 11) is 1.56. The summed E-state index contributed by atoms with van der Waals surface area (Å²) in [6.45, 7) is 0.750. The maximum absolute atomic E-state index is 12.1. The maximum atomic E-state index is 12.1. The first-order chi connectivity index (χ1) is 13.0. The number of carboxylic acid groups (broad SMARTS) is 1. The Kier molecular flexibility index (Phi) is 5.86. The zero-order chi connectivity index (χ0) is 19.4. The first-order valence-corrected chi connectivity index (χ1v) is 8.89. The number of ether oxygens (including phenoxy) is 2. The Morgan fingerprint density at radius 3 is 2.70 bits per heavy atom. The first-order valence-electron chi connectivity index (χ1n) is 8.51. The Labute approximate surface area is 162 Å². The fourth-order valence-electron chi connectivity index (χ4n) is 2.99. The van der Waals surface area contributed by atoms with Crippen LogP contribution in [0.2, 0.25) is 5.02 Å². The second kappa shape index (κ2) is 8.31. The van der Waals surface area contributed by atoms with Gasteiger partial charge in [0.1, 0.15) is 18.1 Å². The number of nitrogens with zero attached hydrogens (tertiary/aromatic N) is 1. The number of methoxy groups -OCH3 is 1. The number of likely N-dealkylation sites (tertiary alicyclic amines) is 1. The molecule has 1 saturated heterocycles. The van der Waals surface area contributed by atoms with Crippen LogP contribution >= 0.6 is 11.6 Å². The summed E-state index contributed by atoms with van der Waals surface area (Å²) >= 11 is 6.18. The number of halogens is 1. The van der Waals surface area contributed by atoms with Crippen LogP contribution in [0.15, 0.2) is 42.5 Å². The van der Waals surface area contributed by atoms with Crippen LogP contribution < -0.4 is 9.47 Å². The number of amides is 1. The second-order valence-electron chi connectivity index (χ2n) is 6.37. The number of hydrogen-bond acceptors (Lipinski definition) is 4. The van der Waals surface area contributed by atoms with E-state index in [1.54, 1.807) is 30.2 Å². The molecule has 0 spiro atoms. The minimum absolute atomic E-state index is 0.0291. The molecule has 7 heteroatoms. The molecule has 2 aromatic rings. The fourth-order valence-corrected chi connectivity index (χ4v) is 3.18. The predicted molar refractivity (Wildman–Crippen MR) is 99.9 cm³/mol. The number of hydrogen-bond donors (Lipinski definition) is 1. The van der Waals surface area contributed by atoms with Crippen molar-refractivity contribution in [2.45, 2.75) is 19.6 Å². The monoisotopic (exact) mass is 389 g/mol. The molecular weight excluding hydrogens is 370 g/mol. The number of carbonyl (C=O) groups is 2. The fraction of sp³-hybridized carbons (Fsp3) is 0.300. The molecule has 1 fully saturated rings. The third-order valence-electron chi connectivity index (χ3n) is 4.54. The van der Waals surface area contributed by atoms with Gasteiger partial charge in [-0.1, -0.05) is 29.8 Å². The molecule has 6 nitrogen and oxygen atoms in total. The highest BCUT2D eigenvalue weighted by atomic mass is 35.5. The van der Waals surface area contributed by atoms with Crippen molar-refractivity contribution in [1.29, 1.82) is 0 Å². The number of carboxylic acids is 1. The van der Waals surface area contributed by atoms with Crippen molar-refractivity contribution in [3.63, 3.8) is 0 Å². The second-order valence-corrected chi connectivity index (χ2v) is 6.77. The van der Waals surface area contributed by atoms with Crippen LogP contribution in [0, 0.1) is 5.92 Å². The van der Waals surface area contributed by atoms with Crippen molar-refractivity contribution in [3.05, 3.63) is 58.6 Å². The topological polar surface area (TPSA) is 76.1 Å². The van der Waals surface area contributed by atoms with Gasteiger partial charge in [0.2, 0.25) is 5.91 Å². The molecule has 27 heavy (non-hydrogen) atoms. The lowest BCUT2D eigenvalue weighted by Crippen LogP contribution is -2.26. The molecule has 1 N–H and O–H groups in total. The summed E-state index contributed by atoms with van der Waals surface area (Å²) < 4.78 is 11.2. The van der Waals surface area contributed by atoms with Crippen molar-refractivity contribution in [2.24, 2.45) is 5.92 Å². The third-order valence-corrected chi connectivity index (χ3v) is 4.91. The van der Waals surface area contributed by atoms with Crippen LogP contribution in [0.5, 0.6) is 11.5 Å². The minimum atomic E-state index is -0.948. The molecular formula is C20H20ClNO5. The number of benzene rings is 2. The van der Waals surface area contributed by atoms with E-state index in [9.17, 15) is 9.59 Å². The molecule has 0 aliphatic carbocycles. The Hall–Kier alpha value is -2.73. The van der Waals surface area contributed by atoms with Gasteiger partial charge in [0.05, 0.1) is 13.0 Å². The SMILES string of the molecule is COc1ccc(CN2CC(C(=O)O)CC2=O)c(OCc2ccccc2Cl)c1. The molecule has 1 unspecified atom stereocenters. The molecule has 142 valence electrons. The van der Waals surface area contributed by atoms with E-state index in [0.29, 0.717) is 16.5 Å². The van der Waals surface area contributed by atoms with Crippen LogP contribution in [0.25, 0.3) is 0 Å². The quantitative estimate of drug-likeness (QED) is 0.785. The van der Waals surface area contributed by atoms with Crippen LogP contribution in [0.3, 0.4) is 0 Å². The zero-order valence-electron chi connectivity index (χ0n) is 14.9. The van der Waals surface area contributed by atoms with Crippen LogP contribution in [0.1, 0.15) is 17.5 Å². The highest BCUT2D eigenvalue weighted by Crippen LogP contribution is 2.30. The van der Waals surface area contributed by atoms with Gasteiger partial charge >= 0.3 is 5.97 Å². The van der Waals surface area contributed by atoms with E-state index in [0.717, 1.165) is 11.1 Å². The molecule has 1 aliphatic heterocycles. The number of aliphatic carboxylic acids is 1. The molecule has 1 atom stereocenters. The van der Waals surface area contributed by atoms with Gasteiger partial charge in [0, 0.05) is 41.7 Å². The first kappa shape index (κ1) is 19.0. The van der Waals surface area contributed by atoms with Crippen molar-refractivity contribution < 1.29 is 24.2 Å². The van der Waals surface area contributed by atoms with E-state index in [-0.39, 0.29) is 32.0 Å². The molecule has 0 radical (unpaired) electrons. The molecule has 0 bridgehead atoms. The molecule has 0 saturated carbocycles. The average molecular weight is 390 g/mol. The van der Waals surface area contributed by atoms with E-state index < -0.39 is 11.9 Å². The van der Waals surface area contributed by atoms with Crippen LogP contribution in [-0.2, 0) is 22.7 Å². The van der Waals surface area contributed by atoms with Gasteiger partial charge in [0.25, 0.3) is 0 Å². The highest BCUT2D eigenvalue weighted by molar-refractivity contribution is 6.31. The number of carbonyl (C=O) groups excluding carboxylic acids is 1. The summed E-state index contributed by atoms with van der Waals surface area (Å²) in [5, 5.41) is 9.75. The van der Waals surface area contributed by atoms with Crippen LogP contribution in [-0.4, -0.2) is 35.5 Å². The van der Waals surface area contributed by atoms with Gasteiger partial charge in [-0.2, -0.15) is 0 Å². The lowest BCUT2D eigenvalue weighted by molar-refractivity contribution is -0.141. The molecule has 1 aliphatic rings. The smallest absolute Gasteiger partial charge is 0.308 e. The van der Waals surface area contributed by atoms with Gasteiger partial charge in [-0.05, 0) is 18.2 Å². The Balaban J connectivity index is 1.78.